The smallest absolute Gasteiger partial charge is 0.261 e. The monoisotopic (exact) mass is 1090 g/mol. The molecule has 0 bridgehead atoms. The van der Waals surface area contributed by atoms with Gasteiger partial charge in [-0.25, -0.2) is 0 Å². The van der Waals surface area contributed by atoms with Crippen molar-refractivity contribution in [2.75, 3.05) is 24.6 Å². The van der Waals surface area contributed by atoms with Gasteiger partial charge in [-0.15, -0.1) is 45.3 Å². The van der Waals surface area contributed by atoms with Crippen LogP contribution in [0, 0.1) is 11.8 Å². The minimum absolute atomic E-state index is 0.00111. The van der Waals surface area contributed by atoms with Gasteiger partial charge in [0.1, 0.15) is 0 Å². The summed E-state index contributed by atoms with van der Waals surface area (Å²) in [4.78, 5) is 45.2. The van der Waals surface area contributed by atoms with Crippen molar-refractivity contribution < 1.29 is 9.59 Å². The number of thiophene rings is 4. The van der Waals surface area contributed by atoms with E-state index in [-0.39, 0.29) is 11.8 Å². The molecule has 2 unspecified atom stereocenters. The second-order valence-corrected chi connectivity index (χ2v) is 26.1. The van der Waals surface area contributed by atoms with Crippen LogP contribution in [0.3, 0.4) is 0 Å². The molecule has 10 heteroatoms. The second-order valence-electron chi connectivity index (χ2n) is 21.7. The molecule has 2 aliphatic rings. The van der Waals surface area contributed by atoms with Crippen molar-refractivity contribution in [3.63, 3.8) is 0 Å². The molecular formula is C66H86N4O2S4. The number of amides is 2. The Morgan fingerprint density at radius 1 is 0.342 bits per heavy atom. The molecule has 0 saturated carbocycles. The maximum absolute atomic E-state index is 16.0. The largest absolute Gasteiger partial charge is 0.399 e. The van der Waals surface area contributed by atoms with E-state index >= 15 is 9.59 Å². The SMILES string of the molecule is CCCCCCCCC(CCCCCC)CN1C(=O)C2=C(c3ccc(-c4ccc(-c5ccc(N)cc5)s4)s3)N(CC(CCCCCC)CCCCCCCC)C(=O)C2=C1c1ccc(-c2ccc(-c3ccc(N)cc3)s2)s1. The summed E-state index contributed by atoms with van der Waals surface area (Å²) < 4.78 is 0. The number of hydrogen-bond donors (Lipinski definition) is 2. The van der Waals surface area contributed by atoms with Crippen LogP contribution < -0.4 is 11.5 Å². The van der Waals surface area contributed by atoms with Crippen LogP contribution in [0.15, 0.2) is 108 Å². The third-order valence-corrected chi connectivity index (χ3v) is 20.5. The first-order valence-electron chi connectivity index (χ1n) is 29.5. The lowest BCUT2D eigenvalue weighted by Crippen LogP contribution is -2.34. The number of carbonyl (C=O) groups is 2. The van der Waals surface area contributed by atoms with Gasteiger partial charge < -0.3 is 21.3 Å². The Morgan fingerprint density at radius 2 is 0.605 bits per heavy atom. The van der Waals surface area contributed by atoms with Gasteiger partial charge in [-0.2, -0.15) is 0 Å². The minimum Gasteiger partial charge on any atom is -0.399 e. The van der Waals surface area contributed by atoms with Gasteiger partial charge in [0.15, 0.2) is 0 Å². The van der Waals surface area contributed by atoms with E-state index in [4.69, 9.17) is 11.5 Å². The fraction of sp³-hybridized carbons (Fsp3) is 0.485. The van der Waals surface area contributed by atoms with Crippen LogP contribution in [0.5, 0.6) is 0 Å². The summed E-state index contributed by atoms with van der Waals surface area (Å²) in [7, 11) is 0. The van der Waals surface area contributed by atoms with Gasteiger partial charge in [0.2, 0.25) is 0 Å². The van der Waals surface area contributed by atoms with Crippen molar-refractivity contribution in [1.29, 1.82) is 0 Å². The average molecular weight is 1100 g/mol. The predicted molar refractivity (Wildman–Crippen MR) is 333 cm³/mol. The van der Waals surface area contributed by atoms with Crippen molar-refractivity contribution in [1.82, 2.24) is 9.80 Å². The fourth-order valence-electron chi connectivity index (χ4n) is 11.3. The molecule has 0 spiro atoms. The number of benzene rings is 2. The molecule has 4 N–H and O–H groups in total. The first kappa shape index (κ1) is 57.4. The second kappa shape index (κ2) is 29.3. The van der Waals surface area contributed by atoms with Crippen molar-refractivity contribution in [3.8, 4) is 40.4 Å². The molecule has 8 rings (SSSR count). The Labute approximate surface area is 472 Å². The number of carbonyl (C=O) groups excluding carboxylic acids is 2. The molecule has 2 amide bonds. The summed E-state index contributed by atoms with van der Waals surface area (Å²) in [5.74, 6) is 0.702. The zero-order valence-electron chi connectivity index (χ0n) is 46.3. The van der Waals surface area contributed by atoms with Gasteiger partial charge in [-0.1, -0.05) is 180 Å². The zero-order valence-corrected chi connectivity index (χ0v) is 49.5. The third kappa shape index (κ3) is 14.9. The number of hydrogen-bond acceptors (Lipinski definition) is 8. The predicted octanol–water partition coefficient (Wildman–Crippen LogP) is 20.2. The fourth-order valence-corrected chi connectivity index (χ4v) is 15.7. The highest BCUT2D eigenvalue weighted by Gasteiger charge is 2.50. The van der Waals surface area contributed by atoms with Crippen LogP contribution in [0.4, 0.5) is 11.4 Å². The zero-order chi connectivity index (χ0) is 53.2. The molecule has 76 heavy (non-hydrogen) atoms. The van der Waals surface area contributed by atoms with Crippen molar-refractivity contribution in [3.05, 3.63) is 118 Å². The number of nitrogens with two attached hydrogens (primary N) is 2. The third-order valence-electron chi connectivity index (χ3n) is 15.7. The average Bonchev–Trinajstić information content (AvgIpc) is 4.37. The van der Waals surface area contributed by atoms with Crippen LogP contribution in [-0.4, -0.2) is 34.7 Å². The Balaban J connectivity index is 1.21. The van der Waals surface area contributed by atoms with E-state index in [0.29, 0.717) is 36.1 Å². The Kier molecular flexibility index (Phi) is 22.1. The van der Waals surface area contributed by atoms with Crippen molar-refractivity contribution in [2.45, 2.75) is 182 Å². The topological polar surface area (TPSA) is 92.7 Å². The lowest BCUT2D eigenvalue weighted by atomic mass is 9.93. The van der Waals surface area contributed by atoms with E-state index < -0.39 is 0 Å². The van der Waals surface area contributed by atoms with E-state index in [1.54, 1.807) is 45.3 Å². The van der Waals surface area contributed by atoms with E-state index in [2.05, 4.69) is 110 Å². The summed E-state index contributed by atoms with van der Waals surface area (Å²) in [6.45, 7) is 10.4. The summed E-state index contributed by atoms with van der Waals surface area (Å²) in [5, 5.41) is 0. The molecule has 4 aromatic heterocycles. The highest BCUT2D eigenvalue weighted by molar-refractivity contribution is 7.25. The molecule has 0 saturated heterocycles. The van der Waals surface area contributed by atoms with Gasteiger partial charge in [-0.05, 0) is 121 Å². The molecule has 6 aromatic rings. The molecule has 406 valence electrons. The van der Waals surface area contributed by atoms with Crippen LogP contribution in [0.25, 0.3) is 51.8 Å². The van der Waals surface area contributed by atoms with Crippen molar-refractivity contribution in [2.24, 2.45) is 11.8 Å². The van der Waals surface area contributed by atoms with Crippen LogP contribution in [-0.2, 0) is 9.59 Å². The Bertz CT molecular complexity index is 2630. The van der Waals surface area contributed by atoms with Gasteiger partial charge in [0.05, 0.1) is 32.3 Å². The lowest BCUT2D eigenvalue weighted by molar-refractivity contribution is -0.124. The Hall–Kier alpha value is -4.74. The van der Waals surface area contributed by atoms with E-state index in [0.717, 1.165) is 79.1 Å². The normalized spacial score (nSPS) is 14.5. The summed E-state index contributed by atoms with van der Waals surface area (Å²) in [6.07, 6.45) is 29.0. The highest BCUT2D eigenvalue weighted by Crippen LogP contribution is 2.52. The minimum atomic E-state index is 0.00111. The quantitative estimate of drug-likeness (QED) is 0.0311. The lowest BCUT2D eigenvalue weighted by Gasteiger charge is -2.29. The van der Waals surface area contributed by atoms with E-state index in [1.807, 2.05) is 24.3 Å². The molecule has 6 nitrogen and oxygen atoms in total. The molecule has 2 aliphatic heterocycles. The van der Waals surface area contributed by atoms with Crippen molar-refractivity contribution >= 4 is 79.9 Å². The summed E-state index contributed by atoms with van der Waals surface area (Å²) in [5.41, 5.74) is 18.8. The molecule has 2 aromatic carbocycles. The molecule has 2 atom stereocenters. The molecular weight excluding hydrogens is 1010 g/mol. The van der Waals surface area contributed by atoms with Crippen LogP contribution in [0.1, 0.15) is 192 Å². The Morgan fingerprint density at radius 3 is 0.934 bits per heavy atom. The molecule has 0 aliphatic carbocycles. The highest BCUT2D eigenvalue weighted by atomic mass is 32.1. The number of rotatable bonds is 34. The summed E-state index contributed by atoms with van der Waals surface area (Å²) >= 11 is 7.00. The number of fused-ring (bicyclic) bond motifs is 1. The van der Waals surface area contributed by atoms with Gasteiger partial charge in [0, 0.05) is 53.7 Å². The van der Waals surface area contributed by atoms with Gasteiger partial charge in [-0.3, -0.25) is 9.59 Å². The van der Waals surface area contributed by atoms with Gasteiger partial charge >= 0.3 is 0 Å². The standard InChI is InChI=1S/C66H86N4O2S4/c1-5-9-13-17-19-23-27-47(25-21-15-11-7-3)45-69-63(59-43-41-57(75-59)55-39-37-53(73-55)49-29-33-51(67)34-30-49)61-62(65(69)71)64(60-44-42-58(76-60)56-40-38-54(74-56)50-31-35-52(68)36-32-50)70(66(61)72)46-48(26-22-16-12-8-4)28-24-20-18-14-10-6-2/h29-44,47-48H,5-28,45-46,67-68H2,1-4H3. The molecule has 6 heterocycles. The van der Waals surface area contributed by atoms with E-state index in [9.17, 15) is 0 Å². The number of nitrogens with zero attached hydrogens (tertiary/aromatic N) is 2. The number of anilines is 2. The number of unbranched alkanes of at least 4 members (excludes halogenated alkanes) is 16. The van der Waals surface area contributed by atoms with Crippen LogP contribution >= 0.6 is 45.3 Å². The first-order chi connectivity index (χ1) is 37.2. The molecule has 0 fully saturated rings. The van der Waals surface area contributed by atoms with Crippen LogP contribution in [0.2, 0.25) is 0 Å². The molecule has 0 radical (unpaired) electrons. The first-order valence-corrected chi connectivity index (χ1v) is 32.7. The maximum Gasteiger partial charge on any atom is 0.261 e. The van der Waals surface area contributed by atoms with E-state index in [1.165, 1.54) is 148 Å². The number of nitrogen functional groups attached to an aromatic ring is 2. The van der Waals surface area contributed by atoms with Gasteiger partial charge in [0.25, 0.3) is 11.8 Å². The summed E-state index contributed by atoms with van der Waals surface area (Å²) in [6, 6.07) is 33.8. The maximum atomic E-state index is 16.0.